The fourth-order valence-corrected chi connectivity index (χ4v) is 2.84. The van der Waals surface area contributed by atoms with Gasteiger partial charge in [0.2, 0.25) is 0 Å². The van der Waals surface area contributed by atoms with Crippen LogP contribution in [0.25, 0.3) is 0 Å². The Kier molecular flexibility index (Phi) is 15.2. The van der Waals surface area contributed by atoms with E-state index in [9.17, 15) is 14.4 Å². The highest BCUT2D eigenvalue weighted by Gasteiger charge is 2.14. The Bertz CT molecular complexity index is 1110. The average molecular weight is 532 g/mol. The van der Waals surface area contributed by atoms with Crippen molar-refractivity contribution in [1.82, 2.24) is 0 Å². The Morgan fingerprint density at radius 2 is 0.641 bits per heavy atom. The van der Waals surface area contributed by atoms with Gasteiger partial charge in [0, 0.05) is 19.6 Å². The van der Waals surface area contributed by atoms with E-state index in [-0.39, 0.29) is 16.7 Å². The SMILES string of the molecule is NCc1ccccc1.NCc1ccccc1.NCc1ccccc1.O=C(O)c1cc(C(=O)O)cc(C(=O)O)c1. The largest absolute Gasteiger partial charge is 0.478 e. The number of hydrogen-bond donors (Lipinski definition) is 6. The van der Waals surface area contributed by atoms with Gasteiger partial charge in [-0.05, 0) is 34.9 Å². The zero-order valence-corrected chi connectivity index (χ0v) is 21.3. The van der Waals surface area contributed by atoms with Crippen LogP contribution in [0.3, 0.4) is 0 Å². The molecule has 204 valence electrons. The van der Waals surface area contributed by atoms with Crippen LogP contribution >= 0.6 is 0 Å². The summed E-state index contributed by atoms with van der Waals surface area (Å²) in [5, 5.41) is 25.8. The van der Waals surface area contributed by atoms with Crippen molar-refractivity contribution in [2.45, 2.75) is 19.6 Å². The number of benzene rings is 4. The van der Waals surface area contributed by atoms with E-state index < -0.39 is 17.9 Å². The molecule has 0 fully saturated rings. The minimum absolute atomic E-state index is 0.368. The van der Waals surface area contributed by atoms with Gasteiger partial charge < -0.3 is 32.5 Å². The van der Waals surface area contributed by atoms with Gasteiger partial charge in [0.25, 0.3) is 0 Å². The van der Waals surface area contributed by atoms with Gasteiger partial charge in [-0.3, -0.25) is 0 Å². The van der Waals surface area contributed by atoms with E-state index in [2.05, 4.69) is 0 Å². The second-order valence-corrected chi connectivity index (χ2v) is 7.78. The van der Waals surface area contributed by atoms with E-state index in [4.69, 9.17) is 32.5 Å². The molecule has 0 radical (unpaired) electrons. The standard InChI is InChI=1S/C9H6O6.3C7H9N/c10-7(11)4-1-5(8(12)13)3-6(2-4)9(14)15;3*8-6-7-4-2-1-3-5-7/h1-3H,(H,10,11)(H,12,13)(H,14,15);3*1-5H,6,8H2. The summed E-state index contributed by atoms with van der Waals surface area (Å²) in [7, 11) is 0. The third-order valence-corrected chi connectivity index (χ3v) is 4.91. The number of aromatic carboxylic acids is 3. The van der Waals surface area contributed by atoms with Crippen molar-refractivity contribution in [3.8, 4) is 0 Å². The molecule has 0 saturated heterocycles. The highest BCUT2D eigenvalue weighted by molar-refractivity contribution is 5.98. The van der Waals surface area contributed by atoms with Gasteiger partial charge in [0.1, 0.15) is 0 Å². The molecule has 0 heterocycles. The molecule has 4 aromatic carbocycles. The Morgan fingerprint density at radius 3 is 0.769 bits per heavy atom. The number of carboxylic acid groups (broad SMARTS) is 3. The second kappa shape index (κ2) is 18.4. The fourth-order valence-electron chi connectivity index (χ4n) is 2.84. The van der Waals surface area contributed by atoms with Gasteiger partial charge in [-0.1, -0.05) is 91.0 Å². The Labute approximate surface area is 227 Å². The highest BCUT2D eigenvalue weighted by Crippen LogP contribution is 2.11. The molecule has 0 amide bonds. The van der Waals surface area contributed by atoms with Crippen LogP contribution in [0.15, 0.2) is 109 Å². The van der Waals surface area contributed by atoms with Crippen molar-refractivity contribution in [3.63, 3.8) is 0 Å². The lowest BCUT2D eigenvalue weighted by Gasteiger charge is -2.00. The highest BCUT2D eigenvalue weighted by atomic mass is 16.4. The normalized spacial score (nSPS) is 9.31. The molecule has 0 aliphatic rings. The second-order valence-electron chi connectivity index (χ2n) is 7.78. The molecule has 0 atom stereocenters. The Hall–Kier alpha value is -4.83. The van der Waals surface area contributed by atoms with Crippen LogP contribution in [0.4, 0.5) is 0 Å². The first kappa shape index (κ1) is 32.2. The van der Waals surface area contributed by atoms with Gasteiger partial charge in [-0.15, -0.1) is 0 Å². The van der Waals surface area contributed by atoms with Crippen molar-refractivity contribution in [1.29, 1.82) is 0 Å². The van der Waals surface area contributed by atoms with Crippen molar-refractivity contribution < 1.29 is 29.7 Å². The van der Waals surface area contributed by atoms with Crippen LogP contribution in [0, 0.1) is 0 Å². The zero-order chi connectivity index (χ0) is 29.0. The maximum absolute atomic E-state index is 10.6. The minimum Gasteiger partial charge on any atom is -0.478 e. The van der Waals surface area contributed by atoms with Gasteiger partial charge in [-0.2, -0.15) is 0 Å². The third-order valence-electron chi connectivity index (χ3n) is 4.91. The number of rotatable bonds is 6. The molecule has 0 aliphatic heterocycles. The molecule has 39 heavy (non-hydrogen) atoms. The van der Waals surface area contributed by atoms with Crippen molar-refractivity contribution in [2.75, 3.05) is 0 Å². The summed E-state index contributed by atoms with van der Waals surface area (Å²) in [6, 6.07) is 32.7. The summed E-state index contributed by atoms with van der Waals surface area (Å²) in [5.74, 6) is -4.12. The van der Waals surface area contributed by atoms with E-state index in [1.165, 1.54) is 16.7 Å². The molecule has 0 unspecified atom stereocenters. The molecule has 9 nitrogen and oxygen atoms in total. The smallest absolute Gasteiger partial charge is 0.335 e. The van der Waals surface area contributed by atoms with Crippen LogP contribution in [0.2, 0.25) is 0 Å². The maximum Gasteiger partial charge on any atom is 0.335 e. The van der Waals surface area contributed by atoms with E-state index in [0.29, 0.717) is 19.6 Å². The zero-order valence-electron chi connectivity index (χ0n) is 21.3. The van der Waals surface area contributed by atoms with Crippen LogP contribution in [-0.4, -0.2) is 33.2 Å². The lowest BCUT2D eigenvalue weighted by Crippen LogP contribution is -2.07. The van der Waals surface area contributed by atoms with Crippen LogP contribution in [0.5, 0.6) is 0 Å². The third kappa shape index (κ3) is 13.3. The monoisotopic (exact) mass is 531 g/mol. The van der Waals surface area contributed by atoms with Crippen LogP contribution in [-0.2, 0) is 19.6 Å². The molecule has 0 aliphatic carbocycles. The number of hydrogen-bond acceptors (Lipinski definition) is 6. The van der Waals surface area contributed by atoms with Gasteiger partial charge in [0.05, 0.1) is 16.7 Å². The molecule has 4 rings (SSSR count). The summed E-state index contributed by atoms with van der Waals surface area (Å²) in [5.41, 5.74) is 18.5. The fraction of sp³-hybridized carbons (Fsp3) is 0.100. The molecule has 0 spiro atoms. The summed E-state index contributed by atoms with van der Waals surface area (Å²) in [6.45, 7) is 1.92. The van der Waals surface area contributed by atoms with E-state index in [0.717, 1.165) is 18.2 Å². The molecule has 9 N–H and O–H groups in total. The lowest BCUT2D eigenvalue weighted by atomic mass is 10.1. The molecule has 0 bridgehead atoms. The van der Waals surface area contributed by atoms with Crippen molar-refractivity contribution >= 4 is 17.9 Å². The predicted molar refractivity (Wildman–Crippen MR) is 150 cm³/mol. The lowest BCUT2D eigenvalue weighted by molar-refractivity contribution is 0.0696. The first-order valence-electron chi connectivity index (χ1n) is 11.8. The van der Waals surface area contributed by atoms with E-state index >= 15 is 0 Å². The molecule has 4 aromatic rings. The molecular weight excluding hydrogens is 498 g/mol. The molecule has 0 aromatic heterocycles. The summed E-state index contributed by atoms with van der Waals surface area (Å²) >= 11 is 0. The van der Waals surface area contributed by atoms with Crippen LogP contribution < -0.4 is 17.2 Å². The van der Waals surface area contributed by atoms with Crippen LogP contribution in [0.1, 0.15) is 47.8 Å². The number of nitrogens with two attached hydrogens (primary N) is 3. The number of carboxylic acids is 3. The van der Waals surface area contributed by atoms with Gasteiger partial charge in [0.15, 0.2) is 0 Å². The van der Waals surface area contributed by atoms with Crippen molar-refractivity contribution in [3.05, 3.63) is 143 Å². The van der Waals surface area contributed by atoms with Crippen molar-refractivity contribution in [2.24, 2.45) is 17.2 Å². The Morgan fingerprint density at radius 1 is 0.436 bits per heavy atom. The Balaban J connectivity index is 0.000000273. The van der Waals surface area contributed by atoms with Gasteiger partial charge in [-0.25, -0.2) is 14.4 Å². The quantitative estimate of drug-likeness (QED) is 0.211. The summed E-state index contributed by atoms with van der Waals surface area (Å²) in [6.07, 6.45) is 0. The first-order chi connectivity index (χ1) is 18.7. The van der Waals surface area contributed by atoms with E-state index in [1.54, 1.807) is 0 Å². The first-order valence-corrected chi connectivity index (χ1v) is 11.8. The molecule has 9 heteroatoms. The minimum atomic E-state index is -1.37. The maximum atomic E-state index is 10.6. The summed E-state index contributed by atoms with van der Waals surface area (Å²) in [4.78, 5) is 31.7. The van der Waals surface area contributed by atoms with E-state index in [1.807, 2.05) is 91.0 Å². The number of carbonyl (C=O) groups is 3. The molecule has 0 saturated carbocycles. The summed E-state index contributed by atoms with van der Waals surface area (Å²) < 4.78 is 0. The predicted octanol–water partition coefficient (Wildman–Crippen LogP) is 4.22. The van der Waals surface area contributed by atoms with Gasteiger partial charge >= 0.3 is 17.9 Å². The average Bonchev–Trinajstić information content (AvgIpc) is 2.99. The molecular formula is C30H33N3O6. The topological polar surface area (TPSA) is 190 Å².